The molecule has 3 aromatic carbocycles. The van der Waals surface area contributed by atoms with E-state index in [4.69, 9.17) is 5.11 Å². The first kappa shape index (κ1) is 33.5. The van der Waals surface area contributed by atoms with E-state index in [0.29, 0.717) is 16.8 Å². The Morgan fingerprint density at radius 1 is 0.950 bits per heavy atom. The van der Waals surface area contributed by atoms with Gasteiger partial charge in [0.1, 0.15) is 0 Å². The van der Waals surface area contributed by atoms with Crippen molar-refractivity contribution in [2.45, 2.75) is 51.1 Å². The molecule has 1 N–H and O–H groups in total. The topological polar surface area (TPSA) is 50.2 Å². The van der Waals surface area contributed by atoms with Crippen molar-refractivity contribution in [2.24, 2.45) is 0 Å². The number of carbonyl (C=O) groups is 1. The van der Waals surface area contributed by atoms with Gasteiger partial charge in [-0.05, 0) is 13.8 Å². The molecule has 0 unspecified atom stereocenters. The number of fused-ring (bicyclic) bond motifs is 1. The normalized spacial score (nSPS) is 11.9. The van der Waals surface area contributed by atoms with Crippen molar-refractivity contribution in [3.05, 3.63) is 95.4 Å². The molecule has 0 saturated carbocycles. The third kappa shape index (κ3) is 8.38. The number of aliphatic hydroxyl groups is 1. The summed E-state index contributed by atoms with van der Waals surface area (Å²) in [4.78, 5) is 14.2. The van der Waals surface area contributed by atoms with Gasteiger partial charge in [0.05, 0.1) is 5.76 Å². The summed E-state index contributed by atoms with van der Waals surface area (Å²) in [7, 11) is 0. The van der Waals surface area contributed by atoms with E-state index in [2.05, 4.69) is 34.4 Å². The summed E-state index contributed by atoms with van der Waals surface area (Å²) in [5.41, 5.74) is 3.10. The number of aliphatic hydroxyl groups excluding tert-OH is 1. The van der Waals surface area contributed by atoms with Crippen molar-refractivity contribution in [3.8, 4) is 22.4 Å². The van der Waals surface area contributed by atoms with Gasteiger partial charge in [0.15, 0.2) is 5.78 Å². The zero-order valence-electron chi connectivity index (χ0n) is 23.6. The second kappa shape index (κ2) is 13.3. The number of benzene rings is 3. The van der Waals surface area contributed by atoms with E-state index in [0.717, 1.165) is 28.1 Å². The maximum Gasteiger partial charge on any atom is 0 e. The van der Waals surface area contributed by atoms with Gasteiger partial charge in [0, 0.05) is 26.2 Å². The fourth-order valence-electron chi connectivity index (χ4n) is 4.33. The van der Waals surface area contributed by atoms with Crippen LogP contribution in [0.3, 0.4) is 0 Å². The van der Waals surface area contributed by atoms with Gasteiger partial charge in [0.25, 0.3) is 0 Å². The van der Waals surface area contributed by atoms with Gasteiger partial charge in [0.2, 0.25) is 0 Å². The Balaban J connectivity index is 0.000000623. The third-order valence-electron chi connectivity index (χ3n) is 6.26. The average molecular weight is 785 g/mol. The minimum atomic E-state index is -4.49. The van der Waals surface area contributed by atoms with Crippen LogP contribution in [0.1, 0.15) is 30.5 Å². The minimum Gasteiger partial charge on any atom is 0 e. The molecule has 1 radical (unpaired) electrons. The summed E-state index contributed by atoms with van der Waals surface area (Å²) in [6, 6.07) is 20.6. The number of rotatable bonds is 4. The van der Waals surface area contributed by atoms with E-state index in [9.17, 15) is 18.0 Å². The zero-order valence-corrected chi connectivity index (χ0v) is 28.1. The predicted molar refractivity (Wildman–Crippen MR) is 156 cm³/mol. The van der Waals surface area contributed by atoms with Gasteiger partial charge in [-0.2, -0.15) is 0 Å². The molecule has 4 aromatic rings. The molecule has 1 heterocycles. The van der Waals surface area contributed by atoms with Gasteiger partial charge >= 0.3 is 184 Å². The van der Waals surface area contributed by atoms with Crippen LogP contribution in [-0.2, 0) is 31.1 Å². The summed E-state index contributed by atoms with van der Waals surface area (Å²) >= 11 is -2.10. The first-order valence-corrected chi connectivity index (χ1v) is 19.9. The standard InChI is InChI=1S/C27H25F3GeN.C5H8O2.Ir/c1-17-12-20(14-19-8-6-7-9-22(17)19)26-15-24(25(16-32-26)27(28,29)30)23-11-10-21(13-18(23)2)31(3,4)5;1-4(6)3-5(2)7;/h6-13,15-16H,1-5H3;3,6H,1-2H3;/q-1;;/b;4-3-;. The molecular weight excluding hydrogens is 752 g/mol. The number of hydrogen-bond donors (Lipinski definition) is 1. The van der Waals surface area contributed by atoms with E-state index < -0.39 is 25.0 Å². The van der Waals surface area contributed by atoms with Crippen LogP contribution in [0.15, 0.2) is 72.6 Å². The largest absolute Gasteiger partial charge is 0 e. The molecule has 1 aromatic heterocycles. The van der Waals surface area contributed by atoms with Crippen LogP contribution >= 0.6 is 0 Å². The number of pyridine rings is 1. The Kier molecular flexibility index (Phi) is 11.1. The van der Waals surface area contributed by atoms with E-state index in [1.54, 1.807) is 6.07 Å². The third-order valence-corrected chi connectivity index (χ3v) is 10.5. The summed E-state index contributed by atoms with van der Waals surface area (Å²) in [6.07, 6.45) is -2.37. The van der Waals surface area contributed by atoms with Crippen LogP contribution < -0.4 is 4.40 Å². The van der Waals surface area contributed by atoms with Crippen molar-refractivity contribution in [1.29, 1.82) is 0 Å². The number of hydrogen-bond acceptors (Lipinski definition) is 3. The molecule has 213 valence electrons. The first-order chi connectivity index (χ1) is 18.1. The van der Waals surface area contributed by atoms with Crippen LogP contribution in [0.4, 0.5) is 13.2 Å². The maximum atomic E-state index is 13.9. The van der Waals surface area contributed by atoms with Crippen molar-refractivity contribution < 1.29 is 43.2 Å². The Bertz CT molecular complexity index is 1550. The van der Waals surface area contributed by atoms with E-state index in [1.807, 2.05) is 56.3 Å². The van der Waals surface area contributed by atoms with Gasteiger partial charge in [-0.15, -0.1) is 0 Å². The maximum absolute atomic E-state index is 13.9. The molecule has 0 aliphatic carbocycles. The molecule has 0 aliphatic rings. The summed E-state index contributed by atoms with van der Waals surface area (Å²) in [5, 5.41) is 10.4. The SMILES string of the molecule is CC(=O)/C=C(/C)O.Cc1c[c]([Ge]([CH3])([CH3])[CH3])ccc1-c1cc(-c2[c-]c3ccccc3c(C)c2)ncc1C(F)(F)F.[Ir]. The monoisotopic (exact) mass is 787 g/mol. The first-order valence-electron chi connectivity index (χ1n) is 12.6. The molecule has 40 heavy (non-hydrogen) atoms. The minimum absolute atomic E-state index is 0. The van der Waals surface area contributed by atoms with E-state index in [-0.39, 0.29) is 37.2 Å². The van der Waals surface area contributed by atoms with Crippen LogP contribution in [0, 0.1) is 19.9 Å². The molecule has 0 bridgehead atoms. The Morgan fingerprint density at radius 3 is 2.12 bits per heavy atom. The number of alkyl halides is 3. The predicted octanol–water partition coefficient (Wildman–Crippen LogP) is 8.58. The van der Waals surface area contributed by atoms with Crippen molar-refractivity contribution >= 4 is 34.2 Å². The molecule has 0 amide bonds. The molecule has 0 aliphatic heterocycles. The average Bonchev–Trinajstić information content (AvgIpc) is 2.82. The Hall–Kier alpha value is -2.74. The van der Waals surface area contributed by atoms with Crippen molar-refractivity contribution in [1.82, 2.24) is 4.98 Å². The molecule has 8 heteroatoms. The number of ketones is 1. The second-order valence-corrected chi connectivity index (χ2v) is 21.4. The molecule has 0 spiro atoms. The van der Waals surface area contributed by atoms with Crippen molar-refractivity contribution in [2.75, 3.05) is 0 Å². The number of nitrogens with zero attached hydrogens (tertiary/aromatic N) is 1. The van der Waals surface area contributed by atoms with Gasteiger partial charge in [-0.1, -0.05) is 6.07 Å². The van der Waals surface area contributed by atoms with E-state index >= 15 is 0 Å². The zero-order chi connectivity index (χ0) is 29.1. The van der Waals surface area contributed by atoms with E-state index in [1.165, 1.54) is 24.3 Å². The molecule has 3 nitrogen and oxygen atoms in total. The molecule has 0 saturated heterocycles. The number of allylic oxidation sites excluding steroid dienone is 2. The Labute approximate surface area is 250 Å². The number of carbonyl (C=O) groups excluding carboxylic acids is 1. The number of halogens is 3. The van der Waals surface area contributed by atoms with Crippen LogP contribution in [-0.4, -0.2) is 29.1 Å². The molecule has 4 rings (SSSR count). The van der Waals surface area contributed by atoms with Crippen LogP contribution in [0.2, 0.25) is 17.3 Å². The number of aromatic nitrogens is 1. The quantitative estimate of drug-likeness (QED) is 0.0977. The van der Waals surface area contributed by atoms with Crippen LogP contribution in [0.5, 0.6) is 0 Å². The van der Waals surface area contributed by atoms with Crippen molar-refractivity contribution in [3.63, 3.8) is 0 Å². The van der Waals surface area contributed by atoms with Crippen LogP contribution in [0.25, 0.3) is 33.2 Å². The summed E-state index contributed by atoms with van der Waals surface area (Å²) in [5.74, 6) is 6.76. The summed E-state index contributed by atoms with van der Waals surface area (Å²) in [6.45, 7) is 6.73. The van der Waals surface area contributed by atoms with Gasteiger partial charge < -0.3 is 5.11 Å². The fraction of sp³-hybridized carbons (Fsp3) is 0.250. The van der Waals surface area contributed by atoms with Gasteiger partial charge in [-0.25, -0.2) is 0 Å². The molecular formula is C32H33F3GeIrNO2-. The second-order valence-electron chi connectivity index (χ2n) is 10.7. The van der Waals surface area contributed by atoms with Gasteiger partial charge in [-0.3, -0.25) is 4.79 Å². The Morgan fingerprint density at radius 2 is 1.60 bits per heavy atom. The molecule has 0 atom stereocenters. The number of aryl methyl sites for hydroxylation is 2. The smallest absolute Gasteiger partial charge is 0 e. The summed E-state index contributed by atoms with van der Waals surface area (Å²) < 4.78 is 43.0. The molecule has 0 fully saturated rings. The fourth-order valence-corrected chi connectivity index (χ4v) is 6.91.